The lowest BCUT2D eigenvalue weighted by atomic mass is 9.70. The van der Waals surface area contributed by atoms with Crippen LogP contribution in [0.25, 0.3) is 0 Å². The van der Waals surface area contributed by atoms with Crippen LogP contribution in [0.15, 0.2) is 73.8 Å². The van der Waals surface area contributed by atoms with Crippen molar-refractivity contribution in [3.8, 4) is 0 Å². The number of likely N-dealkylation sites (N-methyl/N-ethyl adjacent to an activating group) is 1. The molecule has 3 amide bonds. The van der Waals surface area contributed by atoms with Gasteiger partial charge < -0.3 is 29.3 Å². The van der Waals surface area contributed by atoms with Crippen LogP contribution < -0.4 is 4.90 Å². The highest BCUT2D eigenvalue weighted by Gasteiger charge is 2.76. The minimum absolute atomic E-state index is 0.110. The van der Waals surface area contributed by atoms with Crippen LogP contribution in [-0.2, 0) is 28.7 Å². The van der Waals surface area contributed by atoms with Crippen molar-refractivity contribution in [3.63, 3.8) is 0 Å². The Labute approximate surface area is 302 Å². The highest BCUT2D eigenvalue weighted by Crippen LogP contribution is 2.59. The lowest BCUT2D eigenvalue weighted by molar-refractivity contribution is -0.165. The van der Waals surface area contributed by atoms with Gasteiger partial charge in [0.1, 0.15) is 17.7 Å². The summed E-state index contributed by atoms with van der Waals surface area (Å²) >= 11 is 0. The maximum absolute atomic E-state index is 15.0. The predicted molar refractivity (Wildman–Crippen MR) is 196 cm³/mol. The molecule has 51 heavy (non-hydrogen) atoms. The average Bonchev–Trinajstić information content (AvgIpc) is 3.76. The van der Waals surface area contributed by atoms with Crippen LogP contribution in [-0.4, -0.2) is 88.6 Å². The summed E-state index contributed by atoms with van der Waals surface area (Å²) in [6.45, 7) is 17.0. The molecule has 274 valence electrons. The maximum atomic E-state index is 15.0. The number of hydrogen-bond donors (Lipinski definition) is 1. The zero-order valence-electron chi connectivity index (χ0n) is 30.8. The van der Waals surface area contributed by atoms with E-state index in [1.54, 1.807) is 29.0 Å². The van der Waals surface area contributed by atoms with Gasteiger partial charge in [0.05, 0.1) is 36.6 Å². The van der Waals surface area contributed by atoms with Crippen molar-refractivity contribution >= 4 is 29.4 Å². The number of amides is 3. The van der Waals surface area contributed by atoms with E-state index in [0.29, 0.717) is 30.5 Å². The van der Waals surface area contributed by atoms with Gasteiger partial charge in [0.2, 0.25) is 11.8 Å². The van der Waals surface area contributed by atoms with E-state index >= 15 is 4.79 Å². The second-order valence-electron chi connectivity index (χ2n) is 14.7. The third kappa shape index (κ3) is 6.88. The van der Waals surface area contributed by atoms with Crippen LogP contribution in [0.3, 0.4) is 0 Å². The Bertz CT molecular complexity index is 1640. The van der Waals surface area contributed by atoms with Crippen LogP contribution in [0.4, 0.5) is 5.69 Å². The van der Waals surface area contributed by atoms with E-state index in [-0.39, 0.29) is 37.3 Å². The van der Waals surface area contributed by atoms with E-state index in [1.807, 2.05) is 83.1 Å². The van der Waals surface area contributed by atoms with Crippen molar-refractivity contribution in [2.24, 2.45) is 17.8 Å². The number of nitrogens with zero attached hydrogens (tertiary/aromatic N) is 3. The number of likely N-dealkylation sites (tertiary alicyclic amines) is 1. The molecule has 3 aliphatic rings. The Hall–Kier alpha value is -4.28. The minimum Gasteiger partial charge on any atom is -0.455 e. The summed E-state index contributed by atoms with van der Waals surface area (Å²) < 4.78 is 13.1. The predicted octanol–water partition coefficient (Wildman–Crippen LogP) is 5.31. The Kier molecular flexibility index (Phi) is 11.6. The molecule has 3 saturated heterocycles. The normalized spacial score (nSPS) is 25.3. The second kappa shape index (κ2) is 15.5. The number of carbonyl (C=O) groups is 4. The Morgan fingerprint density at radius 2 is 1.80 bits per heavy atom. The van der Waals surface area contributed by atoms with Crippen molar-refractivity contribution in [1.29, 1.82) is 0 Å². The van der Waals surface area contributed by atoms with Crippen molar-refractivity contribution in [2.45, 2.75) is 96.2 Å². The van der Waals surface area contributed by atoms with Gasteiger partial charge in [-0.25, -0.2) is 0 Å². The molecule has 10 heteroatoms. The number of carbonyl (C=O) groups excluding carboxylic acids is 4. The molecule has 8 atom stereocenters. The molecule has 3 fully saturated rings. The van der Waals surface area contributed by atoms with Gasteiger partial charge in [0, 0.05) is 25.7 Å². The molecule has 0 saturated carbocycles. The van der Waals surface area contributed by atoms with E-state index in [2.05, 4.69) is 13.2 Å². The first kappa shape index (κ1) is 38.0. The van der Waals surface area contributed by atoms with Crippen LogP contribution in [0.2, 0.25) is 0 Å². The lowest BCUT2D eigenvalue weighted by Crippen LogP contribution is -2.60. The van der Waals surface area contributed by atoms with Crippen LogP contribution in [0.5, 0.6) is 0 Å². The molecule has 1 spiro atoms. The molecule has 5 rings (SSSR count). The molecule has 0 unspecified atom stereocenters. The Morgan fingerprint density at radius 1 is 1.10 bits per heavy atom. The first-order chi connectivity index (χ1) is 24.3. The Morgan fingerprint density at radius 3 is 2.43 bits per heavy atom. The highest BCUT2D eigenvalue weighted by molar-refractivity contribution is 6.05. The van der Waals surface area contributed by atoms with Gasteiger partial charge in [-0.1, -0.05) is 68.5 Å². The number of benzene rings is 2. The fraction of sp³-hybridized carbons (Fsp3) is 0.512. The Balaban J connectivity index is 1.54. The third-order valence-electron chi connectivity index (χ3n) is 11.2. The zero-order valence-corrected chi connectivity index (χ0v) is 30.8. The number of aliphatic hydroxyl groups excluding tert-OH is 1. The van der Waals surface area contributed by atoms with Crippen molar-refractivity contribution < 1.29 is 33.8 Å². The zero-order chi connectivity index (χ0) is 37.2. The van der Waals surface area contributed by atoms with E-state index in [9.17, 15) is 19.5 Å². The molecule has 0 aromatic heterocycles. The average molecular weight is 700 g/mol. The first-order valence-corrected chi connectivity index (χ1v) is 18.0. The summed E-state index contributed by atoms with van der Waals surface area (Å²) in [5, 5.41) is 10.7. The van der Waals surface area contributed by atoms with Crippen LogP contribution >= 0.6 is 0 Å². The van der Waals surface area contributed by atoms with Crippen molar-refractivity contribution in [1.82, 2.24) is 9.80 Å². The van der Waals surface area contributed by atoms with Crippen molar-refractivity contribution in [2.75, 3.05) is 25.1 Å². The maximum Gasteiger partial charge on any atom is 0.313 e. The standard InChI is InChI=1S/C41H53N3O7/c1-9-11-17-33(46)42(8)28(7)36(29-15-13-12-14-16-29)50-40(49)34-32-20-21-41(51-32)35(34)38(47)44(31(24-45)25(3)4)37(41)39(48)43(22-10-2)30-23-26(5)18-19-27(30)6/h9-10,12-16,18-19,23,25,28,31-32,34-37,45H,1-2,11,17,20-22,24H2,3-8H3/t28-,31-,32-,34+,35+,36+,37-,41+/m0/s1. The summed E-state index contributed by atoms with van der Waals surface area (Å²) in [5.41, 5.74) is 1.97. The lowest BCUT2D eigenvalue weighted by Gasteiger charge is -2.40. The minimum atomic E-state index is -1.30. The molecule has 2 bridgehead atoms. The summed E-state index contributed by atoms with van der Waals surface area (Å²) in [6, 6.07) is 12.8. The summed E-state index contributed by atoms with van der Waals surface area (Å²) in [4.78, 5) is 62.1. The van der Waals surface area contributed by atoms with Gasteiger partial charge >= 0.3 is 5.97 Å². The largest absolute Gasteiger partial charge is 0.455 e. The van der Waals surface area contributed by atoms with E-state index in [0.717, 1.165) is 11.1 Å². The summed E-state index contributed by atoms with van der Waals surface area (Å²) in [7, 11) is 1.69. The van der Waals surface area contributed by atoms with E-state index in [4.69, 9.17) is 9.47 Å². The number of esters is 1. The molecule has 2 aromatic carbocycles. The first-order valence-electron chi connectivity index (χ1n) is 18.0. The van der Waals surface area contributed by atoms with Gasteiger partial charge in [0.25, 0.3) is 5.91 Å². The van der Waals surface area contributed by atoms with E-state index < -0.39 is 59.6 Å². The van der Waals surface area contributed by atoms with Gasteiger partial charge in [0.15, 0.2) is 0 Å². The number of aryl methyl sites for hydroxylation is 2. The quantitative estimate of drug-likeness (QED) is 0.198. The number of anilines is 1. The monoisotopic (exact) mass is 699 g/mol. The number of ether oxygens (including phenoxy) is 2. The van der Waals surface area contributed by atoms with Gasteiger partial charge in [-0.2, -0.15) is 0 Å². The number of hydrogen-bond acceptors (Lipinski definition) is 7. The molecule has 1 N–H and O–H groups in total. The van der Waals surface area contributed by atoms with E-state index in [1.165, 1.54) is 4.90 Å². The van der Waals surface area contributed by atoms with Crippen LogP contribution in [0, 0.1) is 31.6 Å². The SMILES string of the molecule is C=CCCC(=O)N(C)[C@@H](C)[C@@H](OC(=O)[C@@H]1[C@@H]2CC[C@]3(O2)[C@H](C(=O)N(CC=C)c2cc(C)ccc2C)N([C@@H](CO)C(C)C)C(=O)[C@@H]13)c1ccccc1. The molecule has 3 aliphatic heterocycles. The van der Waals surface area contributed by atoms with Gasteiger partial charge in [-0.15, -0.1) is 13.2 Å². The fourth-order valence-corrected chi connectivity index (χ4v) is 8.33. The van der Waals surface area contributed by atoms with Gasteiger partial charge in [-0.3, -0.25) is 19.2 Å². The number of fused-ring (bicyclic) bond motifs is 1. The third-order valence-corrected chi connectivity index (χ3v) is 11.2. The topological polar surface area (TPSA) is 117 Å². The second-order valence-corrected chi connectivity index (χ2v) is 14.7. The molecule has 0 aliphatic carbocycles. The molecule has 2 aromatic rings. The number of rotatable bonds is 15. The summed E-state index contributed by atoms with van der Waals surface area (Å²) in [6.07, 6.45) is 3.53. The molecule has 3 heterocycles. The van der Waals surface area contributed by atoms with Gasteiger partial charge in [-0.05, 0) is 68.7 Å². The number of aliphatic hydroxyl groups is 1. The fourth-order valence-electron chi connectivity index (χ4n) is 8.33. The smallest absolute Gasteiger partial charge is 0.313 e. The highest BCUT2D eigenvalue weighted by atomic mass is 16.6. The van der Waals surface area contributed by atoms with Crippen molar-refractivity contribution in [3.05, 3.63) is 90.5 Å². The molecule has 0 radical (unpaired) electrons. The summed E-state index contributed by atoms with van der Waals surface area (Å²) in [5.74, 6) is -3.63. The molecular formula is C41H53N3O7. The van der Waals surface area contributed by atoms with Crippen LogP contribution in [0.1, 0.15) is 69.2 Å². The molecule has 10 nitrogen and oxygen atoms in total. The number of allylic oxidation sites excluding steroid dienone is 1. The molecular weight excluding hydrogens is 646 g/mol.